The Kier molecular flexibility index (Phi) is 4.70. The maximum absolute atomic E-state index is 6.33. The first-order chi connectivity index (χ1) is 8.63. The molecule has 2 atom stereocenters. The second kappa shape index (κ2) is 5.91. The van der Waals surface area contributed by atoms with E-state index in [4.69, 9.17) is 11.6 Å². The van der Waals surface area contributed by atoms with E-state index in [0.29, 0.717) is 6.04 Å². The molecule has 2 nitrogen and oxygen atoms in total. The molecular formula is C14H23ClN2S. The second-order valence-corrected chi connectivity index (χ2v) is 6.61. The van der Waals surface area contributed by atoms with Gasteiger partial charge in [0.25, 0.3) is 0 Å². The molecule has 4 heteroatoms. The molecule has 1 aliphatic heterocycles. The molecule has 2 unspecified atom stereocenters. The van der Waals surface area contributed by atoms with E-state index in [1.165, 1.54) is 30.8 Å². The predicted octanol–water partition coefficient (Wildman–Crippen LogP) is 3.93. The highest BCUT2D eigenvalue weighted by atomic mass is 35.5. The van der Waals surface area contributed by atoms with Gasteiger partial charge in [-0.2, -0.15) is 0 Å². The lowest BCUT2D eigenvalue weighted by atomic mass is 9.86. The maximum atomic E-state index is 6.33. The quantitative estimate of drug-likeness (QED) is 0.882. The highest BCUT2D eigenvalue weighted by molar-refractivity contribution is 7.10. The largest absolute Gasteiger partial charge is 0.311 e. The van der Waals surface area contributed by atoms with Crippen molar-refractivity contribution in [3.05, 3.63) is 21.3 Å². The molecule has 1 aromatic heterocycles. The molecule has 1 aliphatic rings. The zero-order chi connectivity index (χ0) is 13.2. The van der Waals surface area contributed by atoms with Gasteiger partial charge in [-0.15, -0.1) is 11.3 Å². The standard InChI is InChI=1S/C14H23ClN2S/c1-4-14(2,17-8-5-6-9-17)13(16-3)12-11(15)7-10-18-12/h7,10,13,16H,4-6,8-9H2,1-3H3. The lowest BCUT2D eigenvalue weighted by Gasteiger charge is -2.44. The van der Waals surface area contributed by atoms with Crippen molar-refractivity contribution in [2.45, 2.75) is 44.7 Å². The first-order valence-corrected chi connectivity index (χ1v) is 8.04. The van der Waals surface area contributed by atoms with Crippen LogP contribution in [0, 0.1) is 0 Å². The third kappa shape index (κ3) is 2.46. The van der Waals surface area contributed by atoms with Gasteiger partial charge < -0.3 is 5.32 Å². The van der Waals surface area contributed by atoms with E-state index in [9.17, 15) is 0 Å². The zero-order valence-electron chi connectivity index (χ0n) is 11.5. The number of halogens is 1. The van der Waals surface area contributed by atoms with Gasteiger partial charge in [-0.1, -0.05) is 18.5 Å². The van der Waals surface area contributed by atoms with Crippen molar-refractivity contribution in [2.75, 3.05) is 20.1 Å². The molecule has 0 bridgehead atoms. The number of likely N-dealkylation sites (N-methyl/N-ethyl adjacent to an activating group) is 1. The highest BCUT2D eigenvalue weighted by Crippen LogP contribution is 2.40. The Bertz CT molecular complexity index is 387. The minimum absolute atomic E-state index is 0.153. The van der Waals surface area contributed by atoms with Crippen LogP contribution in [0.2, 0.25) is 5.02 Å². The van der Waals surface area contributed by atoms with Crippen molar-refractivity contribution in [1.82, 2.24) is 10.2 Å². The summed E-state index contributed by atoms with van der Waals surface area (Å²) in [6.45, 7) is 7.08. The van der Waals surface area contributed by atoms with Gasteiger partial charge in [0.1, 0.15) is 0 Å². The summed E-state index contributed by atoms with van der Waals surface area (Å²) in [6.07, 6.45) is 3.78. The van der Waals surface area contributed by atoms with Crippen molar-refractivity contribution < 1.29 is 0 Å². The van der Waals surface area contributed by atoms with Crippen molar-refractivity contribution in [2.24, 2.45) is 0 Å². The van der Waals surface area contributed by atoms with Crippen LogP contribution >= 0.6 is 22.9 Å². The van der Waals surface area contributed by atoms with Gasteiger partial charge >= 0.3 is 0 Å². The fourth-order valence-electron chi connectivity index (χ4n) is 3.07. The number of hydrogen-bond acceptors (Lipinski definition) is 3. The van der Waals surface area contributed by atoms with Gasteiger partial charge in [0.05, 0.1) is 11.1 Å². The number of likely N-dealkylation sites (tertiary alicyclic amines) is 1. The number of thiophene rings is 1. The fourth-order valence-corrected chi connectivity index (χ4v) is 4.49. The van der Waals surface area contributed by atoms with Gasteiger partial charge in [0, 0.05) is 10.4 Å². The first kappa shape index (κ1) is 14.3. The lowest BCUT2D eigenvalue weighted by Crippen LogP contribution is -2.52. The van der Waals surface area contributed by atoms with Gasteiger partial charge in [-0.05, 0) is 57.8 Å². The Morgan fingerprint density at radius 2 is 2.17 bits per heavy atom. The Balaban J connectivity index is 2.31. The molecule has 102 valence electrons. The van der Waals surface area contributed by atoms with Gasteiger partial charge in [-0.25, -0.2) is 0 Å². The summed E-state index contributed by atoms with van der Waals surface area (Å²) in [7, 11) is 2.05. The third-order valence-electron chi connectivity index (χ3n) is 4.36. The lowest BCUT2D eigenvalue weighted by molar-refractivity contribution is 0.0887. The van der Waals surface area contributed by atoms with E-state index in [1.54, 1.807) is 11.3 Å². The minimum atomic E-state index is 0.153. The normalized spacial score (nSPS) is 22.0. The molecule has 0 aromatic carbocycles. The van der Waals surface area contributed by atoms with Crippen LogP contribution in [-0.4, -0.2) is 30.6 Å². The second-order valence-electron chi connectivity index (χ2n) is 5.26. The summed E-state index contributed by atoms with van der Waals surface area (Å²) in [6, 6.07) is 2.32. The zero-order valence-corrected chi connectivity index (χ0v) is 13.1. The Hall–Kier alpha value is -0.0900. The van der Waals surface area contributed by atoms with Crippen LogP contribution in [0.1, 0.15) is 44.0 Å². The molecule has 0 aliphatic carbocycles. The molecule has 2 rings (SSSR count). The van der Waals surface area contributed by atoms with Crippen LogP contribution in [0.15, 0.2) is 11.4 Å². The summed E-state index contributed by atoms with van der Waals surface area (Å²) < 4.78 is 0. The molecule has 0 radical (unpaired) electrons. The van der Waals surface area contributed by atoms with Crippen molar-refractivity contribution in [1.29, 1.82) is 0 Å². The van der Waals surface area contributed by atoms with Crippen LogP contribution in [0.4, 0.5) is 0 Å². The van der Waals surface area contributed by atoms with Crippen molar-refractivity contribution in [3.63, 3.8) is 0 Å². The Morgan fingerprint density at radius 1 is 1.50 bits per heavy atom. The SMILES string of the molecule is CCC(C)(C(NC)c1sccc1Cl)N1CCCC1. The summed E-state index contributed by atoms with van der Waals surface area (Å²) in [5, 5.41) is 6.48. The van der Waals surface area contributed by atoms with Crippen molar-refractivity contribution >= 4 is 22.9 Å². The summed E-state index contributed by atoms with van der Waals surface area (Å²) >= 11 is 8.10. The van der Waals surface area contributed by atoms with Gasteiger partial charge in [-0.3, -0.25) is 4.90 Å². The Labute approximate surface area is 119 Å². The first-order valence-electron chi connectivity index (χ1n) is 6.78. The van der Waals surface area contributed by atoms with E-state index >= 15 is 0 Å². The van der Waals surface area contributed by atoms with E-state index in [2.05, 4.69) is 29.4 Å². The Morgan fingerprint density at radius 3 is 2.61 bits per heavy atom. The average molecular weight is 287 g/mol. The highest BCUT2D eigenvalue weighted by Gasteiger charge is 2.40. The molecule has 2 heterocycles. The third-order valence-corrected chi connectivity index (χ3v) is 5.79. The molecule has 0 amide bonds. The average Bonchev–Trinajstić information content (AvgIpc) is 3.02. The van der Waals surface area contributed by atoms with E-state index in [0.717, 1.165) is 11.4 Å². The maximum Gasteiger partial charge on any atom is 0.0611 e. The predicted molar refractivity (Wildman–Crippen MR) is 80.6 cm³/mol. The topological polar surface area (TPSA) is 15.3 Å². The van der Waals surface area contributed by atoms with E-state index in [-0.39, 0.29) is 5.54 Å². The number of nitrogens with one attached hydrogen (secondary N) is 1. The molecular weight excluding hydrogens is 264 g/mol. The van der Waals surface area contributed by atoms with E-state index in [1.807, 2.05) is 13.1 Å². The minimum Gasteiger partial charge on any atom is -0.311 e. The summed E-state index contributed by atoms with van der Waals surface area (Å²) in [5.74, 6) is 0. The smallest absolute Gasteiger partial charge is 0.0611 e. The van der Waals surface area contributed by atoms with Gasteiger partial charge in [0.15, 0.2) is 0 Å². The van der Waals surface area contributed by atoms with Crippen molar-refractivity contribution in [3.8, 4) is 0 Å². The molecule has 1 fully saturated rings. The van der Waals surface area contributed by atoms with Crippen LogP contribution in [0.3, 0.4) is 0 Å². The summed E-state index contributed by atoms with van der Waals surface area (Å²) in [5.41, 5.74) is 0.153. The van der Waals surface area contributed by atoms with Crippen LogP contribution in [-0.2, 0) is 0 Å². The summed E-state index contributed by atoms with van der Waals surface area (Å²) in [4.78, 5) is 3.90. The molecule has 18 heavy (non-hydrogen) atoms. The van der Waals surface area contributed by atoms with Crippen LogP contribution in [0.5, 0.6) is 0 Å². The molecule has 0 spiro atoms. The molecule has 1 aromatic rings. The van der Waals surface area contributed by atoms with Crippen LogP contribution < -0.4 is 5.32 Å². The van der Waals surface area contributed by atoms with Crippen LogP contribution in [0.25, 0.3) is 0 Å². The number of rotatable bonds is 5. The number of nitrogens with zero attached hydrogens (tertiary/aromatic N) is 1. The molecule has 0 saturated carbocycles. The monoisotopic (exact) mass is 286 g/mol. The van der Waals surface area contributed by atoms with E-state index < -0.39 is 0 Å². The van der Waals surface area contributed by atoms with Gasteiger partial charge in [0.2, 0.25) is 0 Å². The molecule has 1 N–H and O–H groups in total. The molecule has 1 saturated heterocycles. The fraction of sp³-hybridized carbons (Fsp3) is 0.714. The number of hydrogen-bond donors (Lipinski definition) is 1.